The highest BCUT2D eigenvalue weighted by Crippen LogP contribution is 2.33. The average Bonchev–Trinajstić information content (AvgIpc) is 3.35. The van der Waals surface area contributed by atoms with Crippen LogP contribution in [-0.2, 0) is 0 Å². The van der Waals surface area contributed by atoms with Crippen LogP contribution in [0.15, 0.2) is 24.3 Å². The first-order chi connectivity index (χ1) is 10.2. The molecule has 3 N–H and O–H groups in total. The van der Waals surface area contributed by atoms with Gasteiger partial charge in [0.1, 0.15) is 18.2 Å². The fourth-order valence-electron chi connectivity index (χ4n) is 2.61. The van der Waals surface area contributed by atoms with Crippen LogP contribution in [0.4, 0.5) is 0 Å². The summed E-state index contributed by atoms with van der Waals surface area (Å²) in [6, 6.07) is 7.46. The number of nitrogens with two attached hydrogens (primary N) is 1. The highest BCUT2D eigenvalue weighted by molar-refractivity contribution is 5.94. The summed E-state index contributed by atoms with van der Waals surface area (Å²) in [6.07, 6.45) is 5.64. The lowest BCUT2D eigenvalue weighted by atomic mass is 10.2. The van der Waals surface area contributed by atoms with Crippen molar-refractivity contribution in [3.8, 4) is 5.75 Å². The quantitative estimate of drug-likeness (QED) is 0.542. The third-order valence-corrected chi connectivity index (χ3v) is 4.27. The highest BCUT2D eigenvalue weighted by atomic mass is 16.5. The first kappa shape index (κ1) is 14.4. The molecule has 0 bridgehead atoms. The molecule has 2 fully saturated rings. The van der Waals surface area contributed by atoms with Gasteiger partial charge in [-0.3, -0.25) is 10.3 Å². The molecule has 1 aromatic carbocycles. The first-order valence-corrected chi connectivity index (χ1v) is 8.00. The Bertz CT molecular complexity index is 463. The standard InChI is InChI=1S/C17H25N3O/c18-17(19)15-5-7-16(8-6-15)21-10-9-20(11-13-1-2-13)12-14-3-4-14/h5-8,13-14H,1-4,9-12H2,(H3,18,19). The predicted octanol–water partition coefficient (Wildman–Crippen LogP) is 2.47. The van der Waals surface area contributed by atoms with E-state index in [4.69, 9.17) is 15.9 Å². The lowest BCUT2D eigenvalue weighted by Crippen LogP contribution is -2.32. The summed E-state index contributed by atoms with van der Waals surface area (Å²) in [5, 5.41) is 7.37. The zero-order valence-corrected chi connectivity index (χ0v) is 12.6. The molecule has 2 aliphatic carbocycles. The molecule has 0 saturated heterocycles. The van der Waals surface area contributed by atoms with E-state index in [-0.39, 0.29) is 5.84 Å². The average molecular weight is 287 g/mol. The molecule has 0 aromatic heterocycles. The maximum Gasteiger partial charge on any atom is 0.122 e. The van der Waals surface area contributed by atoms with Crippen molar-refractivity contribution >= 4 is 5.84 Å². The molecule has 0 radical (unpaired) electrons. The van der Waals surface area contributed by atoms with E-state index in [2.05, 4.69) is 4.90 Å². The Hall–Kier alpha value is -1.55. The first-order valence-electron chi connectivity index (χ1n) is 8.00. The Morgan fingerprint density at radius 2 is 1.67 bits per heavy atom. The minimum Gasteiger partial charge on any atom is -0.492 e. The van der Waals surface area contributed by atoms with Crippen LogP contribution in [0.25, 0.3) is 0 Å². The summed E-state index contributed by atoms with van der Waals surface area (Å²) < 4.78 is 5.82. The van der Waals surface area contributed by atoms with Crippen molar-refractivity contribution in [1.82, 2.24) is 4.90 Å². The number of rotatable bonds is 9. The smallest absolute Gasteiger partial charge is 0.122 e. The number of nitrogen functional groups attached to an aromatic ring is 1. The normalized spacial score (nSPS) is 18.0. The number of amidine groups is 1. The minimum absolute atomic E-state index is 0.0987. The van der Waals surface area contributed by atoms with Crippen molar-refractivity contribution in [2.24, 2.45) is 17.6 Å². The summed E-state index contributed by atoms with van der Waals surface area (Å²) in [7, 11) is 0. The van der Waals surface area contributed by atoms with Crippen LogP contribution in [0.1, 0.15) is 31.2 Å². The Kier molecular flexibility index (Phi) is 4.44. The SMILES string of the molecule is N=C(N)c1ccc(OCCN(CC2CC2)CC2CC2)cc1. The maximum atomic E-state index is 7.37. The molecule has 1 aromatic rings. The van der Waals surface area contributed by atoms with Gasteiger partial charge >= 0.3 is 0 Å². The molecule has 21 heavy (non-hydrogen) atoms. The van der Waals surface area contributed by atoms with E-state index in [9.17, 15) is 0 Å². The molecule has 0 aliphatic heterocycles. The van der Waals surface area contributed by atoms with Crippen molar-refractivity contribution in [2.45, 2.75) is 25.7 Å². The summed E-state index contributed by atoms with van der Waals surface area (Å²) in [5.41, 5.74) is 6.19. The van der Waals surface area contributed by atoms with E-state index < -0.39 is 0 Å². The van der Waals surface area contributed by atoms with Gasteiger partial charge in [0.25, 0.3) is 0 Å². The van der Waals surface area contributed by atoms with Crippen molar-refractivity contribution in [3.63, 3.8) is 0 Å². The van der Waals surface area contributed by atoms with Gasteiger partial charge in [0.15, 0.2) is 0 Å². The minimum atomic E-state index is 0.0987. The molecule has 0 amide bonds. The van der Waals surface area contributed by atoms with E-state index >= 15 is 0 Å². The summed E-state index contributed by atoms with van der Waals surface area (Å²) in [4.78, 5) is 2.58. The molecule has 2 aliphatic rings. The Labute approximate surface area is 126 Å². The number of hydrogen-bond donors (Lipinski definition) is 2. The molecule has 3 rings (SSSR count). The summed E-state index contributed by atoms with van der Waals surface area (Å²) in [6.45, 7) is 4.26. The number of hydrogen-bond acceptors (Lipinski definition) is 3. The molecule has 0 spiro atoms. The van der Waals surface area contributed by atoms with Gasteiger partial charge < -0.3 is 10.5 Å². The second kappa shape index (κ2) is 6.48. The van der Waals surface area contributed by atoms with Crippen LogP contribution in [0.2, 0.25) is 0 Å². The molecule has 4 heteroatoms. The fraction of sp³-hybridized carbons (Fsp3) is 0.588. The number of benzene rings is 1. The highest BCUT2D eigenvalue weighted by Gasteiger charge is 2.28. The van der Waals surface area contributed by atoms with E-state index in [1.54, 1.807) is 0 Å². The van der Waals surface area contributed by atoms with Crippen molar-refractivity contribution < 1.29 is 4.74 Å². The maximum absolute atomic E-state index is 7.37. The van der Waals surface area contributed by atoms with E-state index in [0.717, 1.165) is 36.3 Å². The largest absolute Gasteiger partial charge is 0.492 e. The number of nitrogens with one attached hydrogen (secondary N) is 1. The van der Waals surface area contributed by atoms with Gasteiger partial charge in [0, 0.05) is 25.2 Å². The van der Waals surface area contributed by atoms with Crippen molar-refractivity contribution in [1.29, 1.82) is 5.41 Å². The monoisotopic (exact) mass is 287 g/mol. The topological polar surface area (TPSA) is 62.3 Å². The van der Waals surface area contributed by atoms with Gasteiger partial charge in [-0.25, -0.2) is 0 Å². The van der Waals surface area contributed by atoms with E-state index in [1.165, 1.54) is 38.8 Å². The molecule has 0 unspecified atom stereocenters. The van der Waals surface area contributed by atoms with Crippen LogP contribution < -0.4 is 10.5 Å². The third kappa shape index (κ3) is 4.74. The Balaban J connectivity index is 1.43. The van der Waals surface area contributed by atoms with Crippen molar-refractivity contribution in [3.05, 3.63) is 29.8 Å². The molecule has 114 valence electrons. The van der Waals surface area contributed by atoms with Gasteiger partial charge in [-0.1, -0.05) is 0 Å². The lowest BCUT2D eigenvalue weighted by molar-refractivity contribution is 0.197. The molecular formula is C17H25N3O. The lowest BCUT2D eigenvalue weighted by Gasteiger charge is -2.22. The number of nitrogens with zero attached hydrogens (tertiary/aromatic N) is 1. The zero-order valence-electron chi connectivity index (χ0n) is 12.6. The molecular weight excluding hydrogens is 262 g/mol. The molecule has 4 nitrogen and oxygen atoms in total. The van der Waals surface area contributed by atoms with Gasteiger partial charge in [-0.2, -0.15) is 0 Å². The van der Waals surface area contributed by atoms with Crippen LogP contribution in [-0.4, -0.2) is 37.0 Å². The van der Waals surface area contributed by atoms with Gasteiger partial charge in [0.05, 0.1) is 0 Å². The third-order valence-electron chi connectivity index (χ3n) is 4.27. The van der Waals surface area contributed by atoms with E-state index in [1.807, 2.05) is 24.3 Å². The second-order valence-electron chi connectivity index (χ2n) is 6.43. The molecule has 0 atom stereocenters. The van der Waals surface area contributed by atoms with Crippen LogP contribution in [0.5, 0.6) is 5.75 Å². The zero-order chi connectivity index (χ0) is 14.7. The van der Waals surface area contributed by atoms with Crippen molar-refractivity contribution in [2.75, 3.05) is 26.2 Å². The fourth-order valence-corrected chi connectivity index (χ4v) is 2.61. The van der Waals surface area contributed by atoms with Gasteiger partial charge in [0.2, 0.25) is 0 Å². The van der Waals surface area contributed by atoms with Crippen LogP contribution in [0, 0.1) is 17.2 Å². The molecule has 0 heterocycles. The molecule has 2 saturated carbocycles. The Morgan fingerprint density at radius 3 is 2.14 bits per heavy atom. The van der Waals surface area contributed by atoms with Gasteiger partial charge in [-0.05, 0) is 61.8 Å². The van der Waals surface area contributed by atoms with Gasteiger partial charge in [-0.15, -0.1) is 0 Å². The summed E-state index contributed by atoms with van der Waals surface area (Å²) >= 11 is 0. The predicted molar refractivity (Wildman–Crippen MR) is 84.8 cm³/mol. The number of ether oxygens (including phenoxy) is 1. The van der Waals surface area contributed by atoms with Crippen LogP contribution >= 0.6 is 0 Å². The second-order valence-corrected chi connectivity index (χ2v) is 6.43. The van der Waals surface area contributed by atoms with Crippen LogP contribution in [0.3, 0.4) is 0 Å². The Morgan fingerprint density at radius 1 is 1.10 bits per heavy atom. The summed E-state index contributed by atoms with van der Waals surface area (Å²) in [5.74, 6) is 2.84. The van der Waals surface area contributed by atoms with E-state index in [0.29, 0.717) is 0 Å².